The van der Waals surface area contributed by atoms with Crippen LogP contribution in [0.25, 0.3) is 0 Å². The normalized spacial score (nSPS) is 9.85. The predicted molar refractivity (Wildman–Crippen MR) is 68.5 cm³/mol. The molecule has 0 saturated carbocycles. The summed E-state index contributed by atoms with van der Waals surface area (Å²) in [4.78, 5) is 32.7. The average Bonchev–Trinajstić information content (AvgIpc) is 2.38. The van der Waals surface area contributed by atoms with Crippen molar-refractivity contribution in [2.24, 2.45) is 0 Å². The van der Waals surface area contributed by atoms with E-state index in [9.17, 15) is 18.8 Å². The Kier molecular flexibility index (Phi) is 6.15. The first-order valence-corrected chi connectivity index (χ1v) is 6.01. The van der Waals surface area contributed by atoms with Gasteiger partial charge in [0.1, 0.15) is 5.82 Å². The summed E-state index contributed by atoms with van der Waals surface area (Å²) >= 11 is 0. The molecule has 1 aromatic carbocycles. The summed E-state index contributed by atoms with van der Waals surface area (Å²) in [6.07, 6.45) is -0.0770. The second-order valence-electron chi connectivity index (χ2n) is 4.07. The van der Waals surface area contributed by atoms with Gasteiger partial charge in [-0.05, 0) is 24.1 Å². The quantitative estimate of drug-likeness (QED) is 0.727. The van der Waals surface area contributed by atoms with Gasteiger partial charge in [0.15, 0.2) is 0 Å². The summed E-state index contributed by atoms with van der Waals surface area (Å²) in [6.45, 7) is 0.281. The lowest BCUT2D eigenvalue weighted by molar-refractivity contribution is -0.138. The summed E-state index contributed by atoms with van der Waals surface area (Å²) < 4.78 is 12.7. The number of hydrogen-bond donors (Lipinski definition) is 3. The summed E-state index contributed by atoms with van der Waals surface area (Å²) in [5.41, 5.74) is 0.851. The molecule has 0 spiro atoms. The molecule has 3 amide bonds. The van der Waals surface area contributed by atoms with Gasteiger partial charge in [-0.3, -0.25) is 14.9 Å². The third kappa shape index (κ3) is 6.48. The summed E-state index contributed by atoms with van der Waals surface area (Å²) in [5, 5.41) is 12.8. The highest BCUT2D eigenvalue weighted by molar-refractivity contribution is 5.95. The minimum absolute atomic E-state index is 0.249. The van der Waals surface area contributed by atoms with Gasteiger partial charge in [-0.15, -0.1) is 0 Å². The molecule has 0 aromatic heterocycles. The van der Waals surface area contributed by atoms with Crippen LogP contribution in [0.3, 0.4) is 0 Å². The molecule has 0 radical (unpaired) electrons. The van der Waals surface area contributed by atoms with E-state index in [0.717, 1.165) is 5.56 Å². The first-order valence-electron chi connectivity index (χ1n) is 6.01. The lowest BCUT2D eigenvalue weighted by Gasteiger charge is -2.06. The molecular formula is C13H15FN2O4. The van der Waals surface area contributed by atoms with Crippen molar-refractivity contribution in [1.29, 1.82) is 0 Å². The molecule has 1 rings (SSSR count). The molecule has 0 heterocycles. The number of urea groups is 1. The molecule has 1 aromatic rings. The Balaban J connectivity index is 2.21. The Bertz CT molecular complexity index is 488. The van der Waals surface area contributed by atoms with Crippen molar-refractivity contribution in [3.05, 3.63) is 35.6 Å². The molecule has 7 heteroatoms. The van der Waals surface area contributed by atoms with Gasteiger partial charge in [0.05, 0.1) is 6.42 Å². The van der Waals surface area contributed by atoms with Gasteiger partial charge in [0.2, 0.25) is 5.91 Å². The number of benzene rings is 1. The molecule has 20 heavy (non-hydrogen) atoms. The topological polar surface area (TPSA) is 95.5 Å². The van der Waals surface area contributed by atoms with Crippen molar-refractivity contribution in [2.75, 3.05) is 6.54 Å². The lowest BCUT2D eigenvalue weighted by Crippen LogP contribution is -2.40. The predicted octanol–water partition coefficient (Wildman–Crippen LogP) is 1.06. The smallest absolute Gasteiger partial charge is 0.321 e. The van der Waals surface area contributed by atoms with E-state index >= 15 is 0 Å². The highest BCUT2D eigenvalue weighted by atomic mass is 19.1. The first kappa shape index (κ1) is 15.6. The van der Waals surface area contributed by atoms with E-state index in [4.69, 9.17) is 5.11 Å². The number of amides is 3. The maximum Gasteiger partial charge on any atom is 0.321 e. The molecule has 0 aliphatic heterocycles. The van der Waals surface area contributed by atoms with Crippen LogP contribution in [0.15, 0.2) is 24.3 Å². The van der Waals surface area contributed by atoms with E-state index in [2.05, 4.69) is 5.32 Å². The number of carboxylic acids is 1. The van der Waals surface area contributed by atoms with Crippen molar-refractivity contribution in [3.63, 3.8) is 0 Å². The van der Waals surface area contributed by atoms with Gasteiger partial charge in [-0.25, -0.2) is 9.18 Å². The molecule has 0 aliphatic carbocycles. The van der Waals surface area contributed by atoms with Crippen molar-refractivity contribution in [2.45, 2.75) is 19.3 Å². The third-order valence-corrected chi connectivity index (χ3v) is 2.43. The van der Waals surface area contributed by atoms with Gasteiger partial charge >= 0.3 is 12.0 Å². The lowest BCUT2D eigenvalue weighted by atomic mass is 10.1. The molecule has 0 fully saturated rings. The molecule has 0 atom stereocenters. The number of aliphatic carboxylic acids is 1. The fourth-order valence-electron chi connectivity index (χ4n) is 1.43. The van der Waals surface area contributed by atoms with E-state index in [1.54, 1.807) is 12.1 Å². The SMILES string of the molecule is O=C(O)CCC(=O)NC(=O)NCCc1ccc(F)cc1. The van der Waals surface area contributed by atoms with Crippen molar-refractivity contribution >= 4 is 17.9 Å². The van der Waals surface area contributed by atoms with Crippen LogP contribution in [0.1, 0.15) is 18.4 Å². The second kappa shape index (κ2) is 7.88. The van der Waals surface area contributed by atoms with Gasteiger partial charge in [-0.1, -0.05) is 12.1 Å². The fourth-order valence-corrected chi connectivity index (χ4v) is 1.43. The van der Waals surface area contributed by atoms with E-state index in [-0.39, 0.29) is 25.2 Å². The highest BCUT2D eigenvalue weighted by Crippen LogP contribution is 2.02. The minimum Gasteiger partial charge on any atom is -0.481 e. The fraction of sp³-hybridized carbons (Fsp3) is 0.308. The number of halogens is 1. The first-order chi connectivity index (χ1) is 9.47. The monoisotopic (exact) mass is 282 g/mol. The van der Waals surface area contributed by atoms with Gasteiger partial charge in [-0.2, -0.15) is 0 Å². The van der Waals surface area contributed by atoms with Gasteiger partial charge < -0.3 is 10.4 Å². The van der Waals surface area contributed by atoms with Crippen LogP contribution in [0, 0.1) is 5.82 Å². The molecule has 0 saturated heterocycles. The minimum atomic E-state index is -1.10. The van der Waals surface area contributed by atoms with Crippen LogP contribution < -0.4 is 10.6 Å². The molecule has 0 unspecified atom stereocenters. The zero-order chi connectivity index (χ0) is 15.0. The Hall–Kier alpha value is -2.44. The Morgan fingerprint density at radius 3 is 2.35 bits per heavy atom. The molecule has 108 valence electrons. The van der Waals surface area contributed by atoms with Crippen molar-refractivity contribution in [1.82, 2.24) is 10.6 Å². The van der Waals surface area contributed by atoms with Gasteiger partial charge in [0, 0.05) is 13.0 Å². The molecule has 6 nitrogen and oxygen atoms in total. The zero-order valence-corrected chi connectivity index (χ0v) is 10.7. The average molecular weight is 282 g/mol. The van der Waals surface area contributed by atoms with Crippen LogP contribution in [-0.2, 0) is 16.0 Å². The molecule has 3 N–H and O–H groups in total. The van der Waals surface area contributed by atoms with Crippen LogP contribution in [0.5, 0.6) is 0 Å². The number of carboxylic acid groups (broad SMARTS) is 1. The molecular weight excluding hydrogens is 267 g/mol. The number of carbonyl (C=O) groups is 3. The number of imide groups is 1. The van der Waals surface area contributed by atoms with E-state index in [0.29, 0.717) is 6.42 Å². The van der Waals surface area contributed by atoms with E-state index < -0.39 is 17.9 Å². The van der Waals surface area contributed by atoms with Crippen LogP contribution >= 0.6 is 0 Å². The number of nitrogens with one attached hydrogen (secondary N) is 2. The third-order valence-electron chi connectivity index (χ3n) is 2.43. The number of rotatable bonds is 6. The zero-order valence-electron chi connectivity index (χ0n) is 10.7. The Labute approximate surface area is 115 Å². The molecule has 0 bridgehead atoms. The standard InChI is InChI=1S/C13H15FN2O4/c14-10-3-1-9(2-4-10)7-8-15-13(20)16-11(17)5-6-12(18)19/h1-4H,5-8H2,(H,18,19)(H2,15,16,17,20). The van der Waals surface area contributed by atoms with E-state index in [1.165, 1.54) is 12.1 Å². The summed E-state index contributed by atoms with van der Waals surface area (Å²) in [7, 11) is 0. The van der Waals surface area contributed by atoms with Crippen molar-refractivity contribution < 1.29 is 23.9 Å². The molecule has 0 aliphatic rings. The Morgan fingerprint density at radius 2 is 1.75 bits per heavy atom. The van der Waals surface area contributed by atoms with Crippen LogP contribution in [0.2, 0.25) is 0 Å². The second-order valence-corrected chi connectivity index (χ2v) is 4.07. The van der Waals surface area contributed by atoms with Crippen LogP contribution in [-0.4, -0.2) is 29.6 Å². The maximum absolute atomic E-state index is 12.7. The highest BCUT2D eigenvalue weighted by Gasteiger charge is 2.08. The summed E-state index contributed by atoms with van der Waals surface area (Å²) in [6, 6.07) is 5.18. The summed E-state index contributed by atoms with van der Waals surface area (Å²) in [5.74, 6) is -2.08. The maximum atomic E-state index is 12.7. The number of hydrogen-bond acceptors (Lipinski definition) is 3. The van der Waals surface area contributed by atoms with Gasteiger partial charge in [0.25, 0.3) is 0 Å². The Morgan fingerprint density at radius 1 is 1.10 bits per heavy atom. The number of carbonyl (C=O) groups excluding carboxylic acids is 2. The van der Waals surface area contributed by atoms with Crippen LogP contribution in [0.4, 0.5) is 9.18 Å². The van der Waals surface area contributed by atoms with Crippen molar-refractivity contribution in [3.8, 4) is 0 Å². The van der Waals surface area contributed by atoms with E-state index in [1.807, 2.05) is 5.32 Å². The largest absolute Gasteiger partial charge is 0.481 e.